The van der Waals surface area contributed by atoms with E-state index in [1.54, 1.807) is 0 Å². The fourth-order valence-electron chi connectivity index (χ4n) is 3.42. The van der Waals surface area contributed by atoms with E-state index in [1.807, 2.05) is 40.2 Å². The maximum atomic E-state index is 12.5. The minimum Gasteiger partial charge on any atom is -0.365 e. The van der Waals surface area contributed by atoms with Gasteiger partial charge in [0.2, 0.25) is 0 Å². The molecule has 4 rings (SSSR count). The molecule has 1 saturated heterocycles. The van der Waals surface area contributed by atoms with Crippen molar-refractivity contribution in [2.45, 2.75) is 32.4 Å². The molecular formula is C17H21N5O. The third kappa shape index (κ3) is 2.81. The zero-order valence-electron chi connectivity index (χ0n) is 13.2. The van der Waals surface area contributed by atoms with Gasteiger partial charge in [0.05, 0.1) is 12.2 Å². The first-order chi connectivity index (χ1) is 11.3. The summed E-state index contributed by atoms with van der Waals surface area (Å²) < 4.78 is 2.00. The third-order valence-corrected chi connectivity index (χ3v) is 4.65. The SMILES string of the molecule is O=C(c1cc2n(n1)CCCN(c1ccncc1)C2)N1CCCC1. The first-order valence-electron chi connectivity index (χ1n) is 8.32. The van der Waals surface area contributed by atoms with E-state index in [2.05, 4.69) is 15.0 Å². The highest BCUT2D eigenvalue weighted by Gasteiger charge is 2.24. The summed E-state index contributed by atoms with van der Waals surface area (Å²) in [5.74, 6) is 0.0820. The monoisotopic (exact) mass is 311 g/mol. The number of anilines is 1. The number of hydrogen-bond acceptors (Lipinski definition) is 4. The maximum absolute atomic E-state index is 12.5. The van der Waals surface area contributed by atoms with E-state index in [4.69, 9.17) is 0 Å². The molecule has 2 aliphatic rings. The van der Waals surface area contributed by atoms with Gasteiger partial charge in [-0.3, -0.25) is 14.5 Å². The molecule has 0 bridgehead atoms. The maximum Gasteiger partial charge on any atom is 0.274 e. The Morgan fingerprint density at radius 3 is 2.57 bits per heavy atom. The molecule has 0 radical (unpaired) electrons. The van der Waals surface area contributed by atoms with E-state index in [-0.39, 0.29) is 5.91 Å². The second-order valence-corrected chi connectivity index (χ2v) is 6.22. The number of amides is 1. The number of aryl methyl sites for hydroxylation is 1. The standard InChI is InChI=1S/C17H21N5O/c23-17(20-8-1-2-9-20)16-12-15-13-21(10-3-11-22(15)19-16)14-4-6-18-7-5-14/h4-7,12H,1-3,8-11,13H2. The van der Waals surface area contributed by atoms with E-state index in [1.165, 1.54) is 5.69 Å². The van der Waals surface area contributed by atoms with Crippen molar-refractivity contribution >= 4 is 11.6 Å². The van der Waals surface area contributed by atoms with Crippen LogP contribution in [0.2, 0.25) is 0 Å². The van der Waals surface area contributed by atoms with Crippen molar-refractivity contribution in [2.24, 2.45) is 0 Å². The number of likely N-dealkylation sites (tertiary alicyclic amines) is 1. The lowest BCUT2D eigenvalue weighted by molar-refractivity contribution is 0.0786. The Labute approximate surface area is 135 Å². The Bertz CT molecular complexity index is 690. The molecule has 2 aromatic rings. The molecule has 0 aromatic carbocycles. The Hall–Kier alpha value is -2.37. The van der Waals surface area contributed by atoms with Gasteiger partial charge in [0, 0.05) is 44.3 Å². The van der Waals surface area contributed by atoms with Crippen molar-refractivity contribution < 1.29 is 4.79 Å². The van der Waals surface area contributed by atoms with E-state index >= 15 is 0 Å². The smallest absolute Gasteiger partial charge is 0.274 e. The van der Waals surface area contributed by atoms with Crippen molar-refractivity contribution in [1.82, 2.24) is 19.7 Å². The molecule has 4 heterocycles. The van der Waals surface area contributed by atoms with Crippen LogP contribution in [0.5, 0.6) is 0 Å². The van der Waals surface area contributed by atoms with Crippen LogP contribution < -0.4 is 4.90 Å². The number of rotatable bonds is 2. The lowest BCUT2D eigenvalue weighted by Crippen LogP contribution is -2.28. The van der Waals surface area contributed by atoms with Crippen molar-refractivity contribution in [3.05, 3.63) is 42.0 Å². The Morgan fingerprint density at radius 1 is 1.00 bits per heavy atom. The topological polar surface area (TPSA) is 54.3 Å². The van der Waals surface area contributed by atoms with Gasteiger partial charge < -0.3 is 9.80 Å². The van der Waals surface area contributed by atoms with Crippen LogP contribution in [0.1, 0.15) is 35.4 Å². The lowest BCUT2D eigenvalue weighted by Gasteiger charge is -2.21. The average Bonchev–Trinajstić information content (AvgIpc) is 3.21. The normalized spacial score (nSPS) is 17.9. The first-order valence-corrected chi connectivity index (χ1v) is 8.32. The summed E-state index contributed by atoms with van der Waals surface area (Å²) in [6.45, 7) is 4.37. The predicted octanol–water partition coefficient (Wildman–Crippen LogP) is 1.92. The molecule has 0 atom stereocenters. The number of carbonyl (C=O) groups excluding carboxylic acids is 1. The van der Waals surface area contributed by atoms with Gasteiger partial charge in [0.25, 0.3) is 5.91 Å². The van der Waals surface area contributed by atoms with Gasteiger partial charge in [-0.05, 0) is 37.5 Å². The summed E-state index contributed by atoms with van der Waals surface area (Å²) in [6.07, 6.45) is 6.87. The van der Waals surface area contributed by atoms with Gasteiger partial charge in [0.15, 0.2) is 5.69 Å². The van der Waals surface area contributed by atoms with E-state index < -0.39 is 0 Å². The summed E-state index contributed by atoms with van der Waals surface area (Å²) in [5.41, 5.74) is 2.88. The number of nitrogens with zero attached hydrogens (tertiary/aromatic N) is 5. The molecule has 2 aliphatic heterocycles. The van der Waals surface area contributed by atoms with Crippen molar-refractivity contribution in [2.75, 3.05) is 24.5 Å². The second-order valence-electron chi connectivity index (χ2n) is 6.22. The first kappa shape index (κ1) is 14.2. The quantitative estimate of drug-likeness (QED) is 0.850. The van der Waals surface area contributed by atoms with Gasteiger partial charge in [0.1, 0.15) is 0 Å². The highest BCUT2D eigenvalue weighted by Crippen LogP contribution is 2.21. The van der Waals surface area contributed by atoms with Crippen LogP contribution in [0.15, 0.2) is 30.6 Å². The van der Waals surface area contributed by atoms with Crippen LogP contribution >= 0.6 is 0 Å². The molecule has 0 spiro atoms. The van der Waals surface area contributed by atoms with Crippen LogP contribution in [0.4, 0.5) is 5.69 Å². The van der Waals surface area contributed by atoms with Crippen LogP contribution in [0.3, 0.4) is 0 Å². The Balaban J connectivity index is 1.57. The number of hydrogen-bond donors (Lipinski definition) is 0. The van der Waals surface area contributed by atoms with Gasteiger partial charge in [-0.1, -0.05) is 0 Å². The molecule has 2 aromatic heterocycles. The van der Waals surface area contributed by atoms with E-state index in [0.29, 0.717) is 5.69 Å². The number of aromatic nitrogens is 3. The highest BCUT2D eigenvalue weighted by atomic mass is 16.2. The summed E-state index contributed by atoms with van der Waals surface area (Å²) in [7, 11) is 0. The molecule has 0 unspecified atom stereocenters. The molecular weight excluding hydrogens is 290 g/mol. The molecule has 1 amide bonds. The molecule has 6 heteroatoms. The van der Waals surface area contributed by atoms with Gasteiger partial charge >= 0.3 is 0 Å². The summed E-state index contributed by atoms with van der Waals surface area (Å²) in [6, 6.07) is 6.03. The molecule has 1 fully saturated rings. The fourth-order valence-corrected chi connectivity index (χ4v) is 3.42. The van der Waals surface area contributed by atoms with Crippen LogP contribution in [0, 0.1) is 0 Å². The summed E-state index contributed by atoms with van der Waals surface area (Å²) >= 11 is 0. The van der Waals surface area contributed by atoms with Gasteiger partial charge in [-0.25, -0.2) is 0 Å². The highest BCUT2D eigenvalue weighted by molar-refractivity contribution is 5.92. The zero-order chi connectivity index (χ0) is 15.6. The summed E-state index contributed by atoms with van der Waals surface area (Å²) in [5, 5.41) is 4.57. The van der Waals surface area contributed by atoms with Crippen molar-refractivity contribution in [3.8, 4) is 0 Å². The molecule has 120 valence electrons. The molecule has 6 nitrogen and oxygen atoms in total. The number of fused-ring (bicyclic) bond motifs is 1. The molecule has 23 heavy (non-hydrogen) atoms. The molecule has 0 saturated carbocycles. The van der Waals surface area contributed by atoms with Gasteiger partial charge in [-0.2, -0.15) is 5.10 Å². The summed E-state index contributed by atoms with van der Waals surface area (Å²) in [4.78, 5) is 20.9. The Kier molecular flexibility index (Phi) is 3.73. The number of carbonyl (C=O) groups is 1. The molecule has 0 aliphatic carbocycles. The fraction of sp³-hybridized carbons (Fsp3) is 0.471. The zero-order valence-corrected chi connectivity index (χ0v) is 13.2. The van der Waals surface area contributed by atoms with Crippen LogP contribution in [0.25, 0.3) is 0 Å². The largest absolute Gasteiger partial charge is 0.365 e. The van der Waals surface area contributed by atoms with Crippen molar-refractivity contribution in [3.63, 3.8) is 0 Å². The minimum atomic E-state index is 0.0820. The van der Waals surface area contributed by atoms with Crippen molar-refractivity contribution in [1.29, 1.82) is 0 Å². The number of pyridine rings is 1. The van der Waals surface area contributed by atoms with E-state index in [9.17, 15) is 4.79 Å². The second kappa shape index (κ2) is 6.02. The predicted molar refractivity (Wildman–Crippen MR) is 87.3 cm³/mol. The lowest BCUT2D eigenvalue weighted by atomic mass is 10.2. The van der Waals surface area contributed by atoms with E-state index in [0.717, 1.165) is 57.7 Å². The average molecular weight is 311 g/mol. The minimum absolute atomic E-state index is 0.0820. The van der Waals surface area contributed by atoms with Crippen LogP contribution in [-0.2, 0) is 13.1 Å². The van der Waals surface area contributed by atoms with Crippen LogP contribution in [-0.4, -0.2) is 45.2 Å². The molecule has 0 N–H and O–H groups in total. The Morgan fingerprint density at radius 2 is 1.78 bits per heavy atom. The third-order valence-electron chi connectivity index (χ3n) is 4.65. The van der Waals surface area contributed by atoms with Gasteiger partial charge in [-0.15, -0.1) is 0 Å².